The largest absolute Gasteiger partial charge is 0.488 e. The summed E-state index contributed by atoms with van der Waals surface area (Å²) < 4.78 is 6.39. The van der Waals surface area contributed by atoms with Crippen LogP contribution in [0.25, 0.3) is 0 Å². The Kier molecular flexibility index (Phi) is 5.56. The van der Waals surface area contributed by atoms with Crippen molar-refractivity contribution in [2.24, 2.45) is 0 Å². The van der Waals surface area contributed by atoms with Gasteiger partial charge in [0.25, 0.3) is 0 Å². The van der Waals surface area contributed by atoms with E-state index in [0.29, 0.717) is 12.6 Å². The molecule has 0 aliphatic heterocycles. The molecule has 0 fully saturated rings. The molecule has 1 rings (SSSR count). The maximum atomic E-state index is 5.54. The summed E-state index contributed by atoms with van der Waals surface area (Å²) >= 11 is 3.27. The first-order valence-corrected chi connectivity index (χ1v) is 6.15. The molecule has 16 heavy (non-hydrogen) atoms. The van der Waals surface area contributed by atoms with Gasteiger partial charge in [-0.3, -0.25) is 0 Å². The monoisotopic (exact) mass is 283 g/mol. The SMILES string of the molecule is C=C(Br)COc1cccc(CNC(C)C)c1. The molecule has 0 aliphatic rings. The van der Waals surface area contributed by atoms with Crippen molar-refractivity contribution in [2.45, 2.75) is 26.4 Å². The third-order valence-electron chi connectivity index (χ3n) is 2.01. The maximum Gasteiger partial charge on any atom is 0.120 e. The van der Waals surface area contributed by atoms with Gasteiger partial charge in [-0.05, 0) is 17.7 Å². The smallest absolute Gasteiger partial charge is 0.120 e. The zero-order valence-corrected chi connectivity index (χ0v) is 11.4. The summed E-state index contributed by atoms with van der Waals surface area (Å²) in [6, 6.07) is 8.58. The molecule has 88 valence electrons. The molecule has 0 aliphatic carbocycles. The van der Waals surface area contributed by atoms with Crippen molar-refractivity contribution < 1.29 is 4.74 Å². The van der Waals surface area contributed by atoms with Crippen molar-refractivity contribution in [3.8, 4) is 5.75 Å². The molecule has 0 aromatic heterocycles. The summed E-state index contributed by atoms with van der Waals surface area (Å²) in [7, 11) is 0. The van der Waals surface area contributed by atoms with Crippen molar-refractivity contribution >= 4 is 15.9 Å². The van der Waals surface area contributed by atoms with Crippen LogP contribution in [0.4, 0.5) is 0 Å². The first-order chi connectivity index (χ1) is 7.58. The van der Waals surface area contributed by atoms with Crippen LogP contribution in [-0.4, -0.2) is 12.6 Å². The quantitative estimate of drug-likeness (QED) is 0.863. The Hall–Kier alpha value is -0.800. The summed E-state index contributed by atoms with van der Waals surface area (Å²) in [5, 5.41) is 3.37. The zero-order valence-electron chi connectivity index (χ0n) is 9.79. The number of halogens is 1. The second-order valence-electron chi connectivity index (χ2n) is 3.99. The van der Waals surface area contributed by atoms with Crippen LogP contribution in [0.5, 0.6) is 5.75 Å². The molecule has 0 amide bonds. The molecule has 1 N–H and O–H groups in total. The number of nitrogens with one attached hydrogen (secondary N) is 1. The van der Waals surface area contributed by atoms with Crippen LogP contribution < -0.4 is 10.1 Å². The van der Waals surface area contributed by atoms with E-state index in [1.54, 1.807) is 0 Å². The van der Waals surface area contributed by atoms with E-state index in [-0.39, 0.29) is 0 Å². The topological polar surface area (TPSA) is 21.3 Å². The van der Waals surface area contributed by atoms with Crippen molar-refractivity contribution in [1.82, 2.24) is 5.32 Å². The van der Waals surface area contributed by atoms with Crippen LogP contribution >= 0.6 is 15.9 Å². The van der Waals surface area contributed by atoms with Crippen LogP contribution in [0, 0.1) is 0 Å². The lowest BCUT2D eigenvalue weighted by Gasteiger charge is -2.10. The van der Waals surface area contributed by atoms with E-state index in [1.165, 1.54) is 5.56 Å². The van der Waals surface area contributed by atoms with Gasteiger partial charge in [-0.1, -0.05) is 48.5 Å². The number of benzene rings is 1. The van der Waals surface area contributed by atoms with Crippen molar-refractivity contribution in [3.05, 3.63) is 40.9 Å². The average molecular weight is 284 g/mol. The van der Waals surface area contributed by atoms with Gasteiger partial charge in [0, 0.05) is 17.1 Å². The minimum atomic E-state index is 0.492. The summed E-state index contributed by atoms with van der Waals surface area (Å²) in [5.41, 5.74) is 1.23. The molecule has 1 aromatic rings. The van der Waals surface area contributed by atoms with Gasteiger partial charge < -0.3 is 10.1 Å². The lowest BCUT2D eigenvalue weighted by Crippen LogP contribution is -2.21. The van der Waals surface area contributed by atoms with Gasteiger partial charge in [-0.2, -0.15) is 0 Å². The van der Waals surface area contributed by atoms with Gasteiger partial charge in [-0.25, -0.2) is 0 Å². The average Bonchev–Trinajstić information content (AvgIpc) is 2.24. The third-order valence-corrected chi connectivity index (χ3v) is 2.24. The zero-order chi connectivity index (χ0) is 12.0. The predicted octanol–water partition coefficient (Wildman–Crippen LogP) is 3.47. The molecule has 1 aromatic carbocycles. The van der Waals surface area contributed by atoms with Gasteiger partial charge in [0.1, 0.15) is 12.4 Å². The maximum absolute atomic E-state index is 5.54. The molecule has 0 radical (unpaired) electrons. The standard InChI is InChI=1S/C13H18BrNO/c1-10(2)15-8-12-5-4-6-13(7-12)16-9-11(3)14/h4-7,10,15H,3,8-9H2,1-2H3. The predicted molar refractivity (Wildman–Crippen MR) is 72.0 cm³/mol. The Bertz CT molecular complexity index is 350. The molecule has 0 atom stereocenters. The van der Waals surface area contributed by atoms with E-state index in [9.17, 15) is 0 Å². The van der Waals surface area contributed by atoms with Crippen molar-refractivity contribution in [2.75, 3.05) is 6.61 Å². The fraction of sp³-hybridized carbons (Fsp3) is 0.385. The molecule has 3 heteroatoms. The Morgan fingerprint density at radius 2 is 2.25 bits per heavy atom. The van der Waals surface area contributed by atoms with E-state index in [0.717, 1.165) is 16.8 Å². The highest BCUT2D eigenvalue weighted by Gasteiger charge is 1.98. The summed E-state index contributed by atoms with van der Waals surface area (Å²) in [6.07, 6.45) is 0. The molecule has 0 heterocycles. The van der Waals surface area contributed by atoms with Gasteiger partial charge in [0.2, 0.25) is 0 Å². The first-order valence-electron chi connectivity index (χ1n) is 5.36. The van der Waals surface area contributed by atoms with E-state index in [4.69, 9.17) is 4.74 Å². The van der Waals surface area contributed by atoms with Crippen molar-refractivity contribution in [1.29, 1.82) is 0 Å². The lowest BCUT2D eigenvalue weighted by molar-refractivity contribution is 0.360. The minimum absolute atomic E-state index is 0.492. The number of ether oxygens (including phenoxy) is 1. The number of hydrogen-bond donors (Lipinski definition) is 1. The van der Waals surface area contributed by atoms with Gasteiger partial charge in [0.05, 0.1) is 0 Å². The van der Waals surface area contributed by atoms with Gasteiger partial charge in [0.15, 0.2) is 0 Å². The van der Waals surface area contributed by atoms with Crippen molar-refractivity contribution in [3.63, 3.8) is 0 Å². The Morgan fingerprint density at radius 3 is 2.88 bits per heavy atom. The van der Waals surface area contributed by atoms with Crippen LogP contribution in [0.1, 0.15) is 19.4 Å². The highest BCUT2D eigenvalue weighted by molar-refractivity contribution is 9.11. The van der Waals surface area contributed by atoms with Crippen LogP contribution in [-0.2, 0) is 6.54 Å². The highest BCUT2D eigenvalue weighted by atomic mass is 79.9. The van der Waals surface area contributed by atoms with Crippen LogP contribution in [0.3, 0.4) is 0 Å². The fourth-order valence-electron chi connectivity index (χ4n) is 1.23. The lowest BCUT2D eigenvalue weighted by atomic mass is 10.2. The third kappa shape index (κ3) is 5.33. The molecule has 0 saturated carbocycles. The molecule has 0 spiro atoms. The molecular weight excluding hydrogens is 266 g/mol. The summed E-state index contributed by atoms with van der Waals surface area (Å²) in [4.78, 5) is 0. The Labute approximate surface area is 106 Å². The molecule has 0 unspecified atom stereocenters. The normalized spacial score (nSPS) is 10.5. The molecule has 0 saturated heterocycles. The number of rotatable bonds is 6. The Balaban J connectivity index is 2.53. The Morgan fingerprint density at radius 1 is 1.50 bits per heavy atom. The molecule has 2 nitrogen and oxygen atoms in total. The van der Waals surface area contributed by atoms with Crippen LogP contribution in [0.15, 0.2) is 35.3 Å². The summed E-state index contributed by atoms with van der Waals surface area (Å²) in [6.45, 7) is 9.37. The van der Waals surface area contributed by atoms with E-state index in [1.807, 2.05) is 18.2 Å². The number of hydrogen-bond acceptors (Lipinski definition) is 2. The summed E-state index contributed by atoms with van der Waals surface area (Å²) in [5.74, 6) is 0.878. The second kappa shape index (κ2) is 6.71. The minimum Gasteiger partial charge on any atom is -0.488 e. The van der Waals surface area contributed by atoms with Gasteiger partial charge >= 0.3 is 0 Å². The van der Waals surface area contributed by atoms with Gasteiger partial charge in [-0.15, -0.1) is 0 Å². The van der Waals surface area contributed by atoms with E-state index in [2.05, 4.69) is 47.7 Å². The molecular formula is C13H18BrNO. The fourth-order valence-corrected chi connectivity index (χ4v) is 1.34. The highest BCUT2D eigenvalue weighted by Crippen LogP contribution is 2.15. The van der Waals surface area contributed by atoms with Crippen LogP contribution in [0.2, 0.25) is 0 Å². The van der Waals surface area contributed by atoms with E-state index >= 15 is 0 Å². The first kappa shape index (κ1) is 13.3. The van der Waals surface area contributed by atoms with E-state index < -0.39 is 0 Å². The molecule has 0 bridgehead atoms. The second-order valence-corrected chi connectivity index (χ2v) is 5.11.